The van der Waals surface area contributed by atoms with Crippen LogP contribution in [0.4, 0.5) is 4.79 Å². The average Bonchev–Trinajstić information content (AvgIpc) is 2.76. The zero-order valence-corrected chi connectivity index (χ0v) is 18.9. The van der Waals surface area contributed by atoms with Gasteiger partial charge in [0.05, 0.1) is 6.10 Å². The molecular formula is C25H40N2O3. The molecule has 0 aromatic heterocycles. The fourth-order valence-corrected chi connectivity index (χ4v) is 3.97. The monoisotopic (exact) mass is 416 g/mol. The highest BCUT2D eigenvalue weighted by atomic mass is 16.6. The molecule has 0 heterocycles. The Kier molecular flexibility index (Phi) is 11.6. The standard InChI is InChI=1S/C25H40N2O3/c1-4-18-27(25(28)30-21-22-12-8-7-9-13-22)23-14-16-24(17-15-23)29-20-11-6-5-10-19-26(2)3/h4,7-9,12-13,23-24H,1,5-6,10-11,14-21H2,2-3H3/t23-,24-. The molecule has 5 nitrogen and oxygen atoms in total. The Morgan fingerprint density at radius 3 is 2.43 bits per heavy atom. The van der Waals surface area contributed by atoms with E-state index >= 15 is 0 Å². The van der Waals surface area contributed by atoms with Crippen LogP contribution in [0, 0.1) is 0 Å². The van der Waals surface area contributed by atoms with Crippen LogP contribution in [-0.2, 0) is 16.1 Å². The van der Waals surface area contributed by atoms with Crippen LogP contribution in [0.15, 0.2) is 43.0 Å². The van der Waals surface area contributed by atoms with Gasteiger partial charge in [0.2, 0.25) is 0 Å². The number of hydrogen-bond donors (Lipinski definition) is 0. The third-order valence-corrected chi connectivity index (χ3v) is 5.70. The van der Waals surface area contributed by atoms with Crippen LogP contribution in [0.5, 0.6) is 0 Å². The van der Waals surface area contributed by atoms with E-state index in [0.717, 1.165) is 44.3 Å². The highest BCUT2D eigenvalue weighted by Crippen LogP contribution is 2.26. The lowest BCUT2D eigenvalue weighted by atomic mass is 9.92. The van der Waals surface area contributed by atoms with Crippen molar-refractivity contribution < 1.29 is 14.3 Å². The van der Waals surface area contributed by atoms with E-state index < -0.39 is 0 Å². The summed E-state index contributed by atoms with van der Waals surface area (Å²) >= 11 is 0. The minimum absolute atomic E-state index is 0.206. The van der Waals surface area contributed by atoms with E-state index in [9.17, 15) is 4.79 Å². The van der Waals surface area contributed by atoms with Crippen molar-refractivity contribution in [2.45, 2.75) is 70.1 Å². The van der Waals surface area contributed by atoms with Gasteiger partial charge in [0, 0.05) is 19.2 Å². The van der Waals surface area contributed by atoms with Gasteiger partial charge in [-0.15, -0.1) is 6.58 Å². The Labute approximate surface area is 183 Å². The average molecular weight is 417 g/mol. The molecular weight excluding hydrogens is 376 g/mol. The molecule has 0 spiro atoms. The number of unbranched alkanes of at least 4 members (excludes halogenated alkanes) is 3. The van der Waals surface area contributed by atoms with Crippen LogP contribution in [0.1, 0.15) is 56.9 Å². The van der Waals surface area contributed by atoms with Gasteiger partial charge >= 0.3 is 6.09 Å². The summed E-state index contributed by atoms with van der Waals surface area (Å²) in [6.07, 6.45) is 10.7. The maximum atomic E-state index is 12.6. The van der Waals surface area contributed by atoms with Gasteiger partial charge in [-0.05, 0) is 64.7 Å². The summed E-state index contributed by atoms with van der Waals surface area (Å²) in [5.41, 5.74) is 1.00. The first-order valence-electron chi connectivity index (χ1n) is 11.4. The molecule has 30 heavy (non-hydrogen) atoms. The smallest absolute Gasteiger partial charge is 0.410 e. The normalized spacial score (nSPS) is 18.9. The largest absolute Gasteiger partial charge is 0.445 e. The second kappa shape index (κ2) is 14.2. The molecule has 1 amide bonds. The predicted molar refractivity (Wildman–Crippen MR) is 123 cm³/mol. The Morgan fingerprint density at radius 1 is 1.07 bits per heavy atom. The number of benzene rings is 1. The molecule has 0 aliphatic heterocycles. The summed E-state index contributed by atoms with van der Waals surface area (Å²) in [7, 11) is 4.25. The molecule has 5 heteroatoms. The van der Waals surface area contributed by atoms with E-state index in [1.54, 1.807) is 6.08 Å². The van der Waals surface area contributed by atoms with E-state index in [0.29, 0.717) is 19.3 Å². The Morgan fingerprint density at radius 2 is 1.77 bits per heavy atom. The summed E-state index contributed by atoms with van der Waals surface area (Å²) in [6, 6.07) is 10.0. The fraction of sp³-hybridized carbons (Fsp3) is 0.640. The molecule has 0 unspecified atom stereocenters. The van der Waals surface area contributed by atoms with E-state index in [-0.39, 0.29) is 12.1 Å². The second-order valence-corrected chi connectivity index (χ2v) is 8.50. The summed E-state index contributed by atoms with van der Waals surface area (Å²) in [5, 5.41) is 0. The lowest BCUT2D eigenvalue weighted by Crippen LogP contribution is -2.43. The van der Waals surface area contributed by atoms with Crippen LogP contribution in [0.2, 0.25) is 0 Å². The van der Waals surface area contributed by atoms with E-state index in [4.69, 9.17) is 9.47 Å². The first-order valence-corrected chi connectivity index (χ1v) is 11.4. The molecule has 1 fully saturated rings. The van der Waals surface area contributed by atoms with Crippen molar-refractivity contribution >= 4 is 6.09 Å². The molecule has 0 saturated heterocycles. The fourth-order valence-electron chi connectivity index (χ4n) is 3.97. The van der Waals surface area contributed by atoms with Crippen LogP contribution in [-0.4, -0.2) is 61.8 Å². The molecule has 0 radical (unpaired) electrons. The second-order valence-electron chi connectivity index (χ2n) is 8.50. The number of amides is 1. The van der Waals surface area contributed by atoms with Gasteiger partial charge in [0.1, 0.15) is 6.61 Å². The zero-order valence-electron chi connectivity index (χ0n) is 18.9. The molecule has 1 aromatic rings. The van der Waals surface area contributed by atoms with Crippen molar-refractivity contribution in [2.24, 2.45) is 0 Å². The van der Waals surface area contributed by atoms with Crippen LogP contribution in [0.25, 0.3) is 0 Å². The maximum absolute atomic E-state index is 12.6. The topological polar surface area (TPSA) is 42.0 Å². The van der Waals surface area contributed by atoms with Gasteiger partial charge in [-0.3, -0.25) is 0 Å². The van der Waals surface area contributed by atoms with E-state index in [1.807, 2.05) is 35.2 Å². The number of hydrogen-bond acceptors (Lipinski definition) is 4. The summed E-state index contributed by atoms with van der Waals surface area (Å²) in [4.78, 5) is 16.7. The molecule has 0 atom stereocenters. The Hall–Kier alpha value is -1.85. The molecule has 1 saturated carbocycles. The Balaban J connectivity index is 1.65. The highest BCUT2D eigenvalue weighted by molar-refractivity contribution is 5.68. The maximum Gasteiger partial charge on any atom is 0.410 e. The van der Waals surface area contributed by atoms with Crippen molar-refractivity contribution in [3.05, 3.63) is 48.6 Å². The van der Waals surface area contributed by atoms with Crippen LogP contribution in [0.3, 0.4) is 0 Å². The lowest BCUT2D eigenvalue weighted by molar-refractivity contribution is 0.00493. The number of carbonyl (C=O) groups excluding carboxylic acids is 1. The summed E-state index contributed by atoms with van der Waals surface area (Å²) < 4.78 is 11.7. The zero-order chi connectivity index (χ0) is 21.6. The minimum Gasteiger partial charge on any atom is -0.445 e. The quantitative estimate of drug-likeness (QED) is 0.325. The molecule has 1 aliphatic rings. The molecule has 2 rings (SSSR count). The van der Waals surface area contributed by atoms with Gasteiger partial charge < -0.3 is 19.3 Å². The first-order chi connectivity index (χ1) is 14.6. The van der Waals surface area contributed by atoms with Crippen molar-refractivity contribution in [3.63, 3.8) is 0 Å². The van der Waals surface area contributed by atoms with Gasteiger partial charge in [-0.1, -0.05) is 49.2 Å². The number of ether oxygens (including phenoxy) is 2. The highest BCUT2D eigenvalue weighted by Gasteiger charge is 2.29. The summed E-state index contributed by atoms with van der Waals surface area (Å²) in [5.74, 6) is 0. The number of nitrogens with zero attached hydrogens (tertiary/aromatic N) is 2. The third kappa shape index (κ3) is 9.31. The van der Waals surface area contributed by atoms with Gasteiger partial charge in [-0.2, -0.15) is 0 Å². The Bertz CT molecular complexity index is 598. The summed E-state index contributed by atoms with van der Waals surface area (Å²) in [6.45, 7) is 6.67. The molecule has 1 aromatic carbocycles. The number of carbonyl (C=O) groups is 1. The first kappa shape index (κ1) is 24.4. The van der Waals surface area contributed by atoms with Gasteiger partial charge in [-0.25, -0.2) is 4.79 Å². The molecule has 0 bridgehead atoms. The minimum atomic E-state index is -0.249. The van der Waals surface area contributed by atoms with Gasteiger partial charge in [0.15, 0.2) is 0 Å². The van der Waals surface area contributed by atoms with Crippen molar-refractivity contribution in [1.82, 2.24) is 9.80 Å². The van der Waals surface area contributed by atoms with Crippen molar-refractivity contribution in [2.75, 3.05) is 33.8 Å². The number of rotatable bonds is 13. The van der Waals surface area contributed by atoms with E-state index in [1.165, 1.54) is 25.8 Å². The van der Waals surface area contributed by atoms with Gasteiger partial charge in [0.25, 0.3) is 0 Å². The van der Waals surface area contributed by atoms with Crippen LogP contribution >= 0.6 is 0 Å². The predicted octanol–water partition coefficient (Wildman–Crippen LogP) is 5.26. The van der Waals surface area contributed by atoms with Crippen LogP contribution < -0.4 is 0 Å². The third-order valence-electron chi connectivity index (χ3n) is 5.70. The molecule has 1 aliphatic carbocycles. The molecule has 168 valence electrons. The SMILES string of the molecule is C=CCN(C(=O)OCc1ccccc1)[C@H]1CC[C@H](OCCCCCCN(C)C)CC1. The van der Waals surface area contributed by atoms with Crippen molar-refractivity contribution in [1.29, 1.82) is 0 Å². The molecule has 0 N–H and O–H groups in total. The lowest BCUT2D eigenvalue weighted by Gasteiger charge is -2.35. The van der Waals surface area contributed by atoms with Crippen molar-refractivity contribution in [3.8, 4) is 0 Å². The van der Waals surface area contributed by atoms with E-state index in [2.05, 4.69) is 25.6 Å².